The molecule has 5 heteroatoms. The SMILES string of the molecule is O=C(O)Nc1cscn1. The second kappa shape index (κ2) is 2.45. The normalized spacial score (nSPS) is 8.89. The summed E-state index contributed by atoms with van der Waals surface area (Å²) in [6.45, 7) is 0. The predicted octanol–water partition coefficient (Wildman–Crippen LogP) is 1.23. The van der Waals surface area contributed by atoms with Gasteiger partial charge in [-0.1, -0.05) is 0 Å². The number of hydrogen-bond acceptors (Lipinski definition) is 3. The lowest BCUT2D eigenvalue weighted by Gasteiger charge is -1.89. The molecule has 1 aromatic rings. The van der Waals surface area contributed by atoms with Crippen LogP contribution in [0.15, 0.2) is 10.9 Å². The van der Waals surface area contributed by atoms with Crippen LogP contribution in [-0.2, 0) is 0 Å². The molecular formula is C4H4N2O2S. The number of nitrogens with zero attached hydrogens (tertiary/aromatic N) is 1. The van der Waals surface area contributed by atoms with Gasteiger partial charge in [0.25, 0.3) is 0 Å². The molecule has 48 valence electrons. The van der Waals surface area contributed by atoms with E-state index in [0.29, 0.717) is 5.82 Å². The van der Waals surface area contributed by atoms with Crippen molar-refractivity contribution >= 4 is 23.2 Å². The summed E-state index contributed by atoms with van der Waals surface area (Å²) in [4.78, 5) is 13.6. The van der Waals surface area contributed by atoms with Crippen LogP contribution in [0, 0.1) is 0 Å². The van der Waals surface area contributed by atoms with Gasteiger partial charge in [-0.15, -0.1) is 11.3 Å². The van der Waals surface area contributed by atoms with Crippen molar-refractivity contribution in [3.05, 3.63) is 10.9 Å². The zero-order valence-electron chi connectivity index (χ0n) is 4.37. The average molecular weight is 144 g/mol. The quantitative estimate of drug-likeness (QED) is 0.623. The monoisotopic (exact) mass is 144 g/mol. The Morgan fingerprint density at radius 2 is 2.67 bits per heavy atom. The first kappa shape index (κ1) is 6.03. The molecule has 0 fully saturated rings. The number of hydrogen-bond donors (Lipinski definition) is 2. The van der Waals surface area contributed by atoms with E-state index in [4.69, 9.17) is 5.11 Å². The van der Waals surface area contributed by atoms with Crippen molar-refractivity contribution in [1.82, 2.24) is 4.98 Å². The van der Waals surface area contributed by atoms with Crippen molar-refractivity contribution in [3.8, 4) is 0 Å². The highest BCUT2D eigenvalue weighted by molar-refractivity contribution is 7.07. The second-order valence-corrected chi connectivity index (χ2v) is 2.02. The van der Waals surface area contributed by atoms with E-state index in [2.05, 4.69) is 10.3 Å². The largest absolute Gasteiger partial charge is 0.465 e. The van der Waals surface area contributed by atoms with Gasteiger partial charge in [0.15, 0.2) is 0 Å². The molecular weight excluding hydrogens is 140 g/mol. The molecule has 9 heavy (non-hydrogen) atoms. The summed E-state index contributed by atoms with van der Waals surface area (Å²) in [5, 5.41) is 11.9. The van der Waals surface area contributed by atoms with Crippen molar-refractivity contribution < 1.29 is 9.90 Å². The summed E-state index contributed by atoms with van der Waals surface area (Å²) < 4.78 is 0. The Kier molecular flexibility index (Phi) is 1.64. The van der Waals surface area contributed by atoms with E-state index in [-0.39, 0.29) is 0 Å². The van der Waals surface area contributed by atoms with E-state index < -0.39 is 6.09 Å². The average Bonchev–Trinajstić information content (AvgIpc) is 2.15. The molecule has 0 aliphatic carbocycles. The lowest BCUT2D eigenvalue weighted by molar-refractivity contribution is 0.209. The van der Waals surface area contributed by atoms with Crippen LogP contribution in [0.25, 0.3) is 0 Å². The number of thiazole rings is 1. The zero-order chi connectivity index (χ0) is 6.69. The molecule has 0 atom stereocenters. The van der Waals surface area contributed by atoms with E-state index in [1.54, 1.807) is 10.9 Å². The van der Waals surface area contributed by atoms with Crippen molar-refractivity contribution in [2.24, 2.45) is 0 Å². The number of amides is 1. The molecule has 0 spiro atoms. The Morgan fingerprint density at radius 1 is 1.89 bits per heavy atom. The number of nitrogens with one attached hydrogen (secondary N) is 1. The molecule has 1 rings (SSSR count). The first-order chi connectivity index (χ1) is 4.29. The fraction of sp³-hybridized carbons (Fsp3) is 0. The molecule has 0 unspecified atom stereocenters. The van der Waals surface area contributed by atoms with Gasteiger partial charge in [-0.25, -0.2) is 9.78 Å². The van der Waals surface area contributed by atoms with Gasteiger partial charge in [0, 0.05) is 5.38 Å². The number of anilines is 1. The fourth-order valence-corrected chi connectivity index (χ4v) is 0.868. The van der Waals surface area contributed by atoms with Crippen LogP contribution in [0.1, 0.15) is 0 Å². The molecule has 0 aromatic carbocycles. The minimum absolute atomic E-state index is 0.382. The van der Waals surface area contributed by atoms with Crippen molar-refractivity contribution in [3.63, 3.8) is 0 Å². The second-order valence-electron chi connectivity index (χ2n) is 1.30. The highest BCUT2D eigenvalue weighted by atomic mass is 32.1. The summed E-state index contributed by atoms with van der Waals surface area (Å²) in [5.41, 5.74) is 1.56. The Morgan fingerprint density at radius 3 is 3.11 bits per heavy atom. The zero-order valence-corrected chi connectivity index (χ0v) is 5.18. The summed E-state index contributed by atoms with van der Waals surface area (Å²) >= 11 is 1.34. The van der Waals surface area contributed by atoms with E-state index in [1.807, 2.05) is 0 Å². The fourth-order valence-electron chi connectivity index (χ4n) is 0.384. The standard InChI is InChI=1S/C4H4N2O2S/c7-4(8)6-3-1-9-2-5-3/h1-2,6H,(H,7,8). The molecule has 0 aliphatic heterocycles. The lowest BCUT2D eigenvalue weighted by atomic mass is 10.8. The minimum Gasteiger partial charge on any atom is -0.465 e. The van der Waals surface area contributed by atoms with Crippen LogP contribution in [-0.4, -0.2) is 16.2 Å². The number of carboxylic acid groups (broad SMARTS) is 1. The lowest BCUT2D eigenvalue weighted by Crippen LogP contribution is -2.06. The van der Waals surface area contributed by atoms with Gasteiger partial charge >= 0.3 is 6.09 Å². The van der Waals surface area contributed by atoms with Gasteiger partial charge in [-0.05, 0) is 0 Å². The van der Waals surface area contributed by atoms with E-state index in [9.17, 15) is 4.79 Å². The van der Waals surface area contributed by atoms with Crippen LogP contribution in [0.4, 0.5) is 10.6 Å². The van der Waals surface area contributed by atoms with Gasteiger partial charge in [0.05, 0.1) is 5.51 Å². The Hall–Kier alpha value is -1.10. The van der Waals surface area contributed by atoms with E-state index >= 15 is 0 Å². The minimum atomic E-state index is -1.08. The van der Waals surface area contributed by atoms with Crippen LogP contribution in [0.5, 0.6) is 0 Å². The van der Waals surface area contributed by atoms with Crippen molar-refractivity contribution in [2.45, 2.75) is 0 Å². The summed E-state index contributed by atoms with van der Waals surface area (Å²) in [6.07, 6.45) is -1.08. The van der Waals surface area contributed by atoms with Crippen LogP contribution < -0.4 is 5.32 Å². The Bertz CT molecular complexity index is 196. The molecule has 1 heterocycles. The summed E-state index contributed by atoms with van der Waals surface area (Å²) in [7, 11) is 0. The molecule has 1 amide bonds. The van der Waals surface area contributed by atoms with Gasteiger partial charge in [-0.3, -0.25) is 5.32 Å². The molecule has 0 saturated heterocycles. The topological polar surface area (TPSA) is 62.2 Å². The van der Waals surface area contributed by atoms with Gasteiger partial charge in [0.1, 0.15) is 5.82 Å². The Balaban J connectivity index is 2.58. The van der Waals surface area contributed by atoms with E-state index in [0.717, 1.165) is 0 Å². The van der Waals surface area contributed by atoms with Crippen LogP contribution in [0.2, 0.25) is 0 Å². The third-order valence-corrected chi connectivity index (χ3v) is 1.25. The van der Waals surface area contributed by atoms with Crippen molar-refractivity contribution in [2.75, 3.05) is 5.32 Å². The highest BCUT2D eigenvalue weighted by Crippen LogP contribution is 2.05. The summed E-state index contributed by atoms with van der Waals surface area (Å²) in [5.74, 6) is 0.382. The van der Waals surface area contributed by atoms with E-state index in [1.165, 1.54) is 11.3 Å². The maximum Gasteiger partial charge on any atom is 0.410 e. The van der Waals surface area contributed by atoms with Crippen molar-refractivity contribution in [1.29, 1.82) is 0 Å². The Labute approximate surface area is 55.2 Å². The third-order valence-electron chi connectivity index (χ3n) is 0.667. The van der Waals surface area contributed by atoms with Gasteiger partial charge in [0.2, 0.25) is 0 Å². The number of carbonyl (C=O) groups is 1. The number of aromatic nitrogens is 1. The highest BCUT2D eigenvalue weighted by Gasteiger charge is 1.96. The molecule has 4 nitrogen and oxygen atoms in total. The molecule has 0 aliphatic rings. The van der Waals surface area contributed by atoms with Gasteiger partial charge in [-0.2, -0.15) is 0 Å². The molecule has 0 bridgehead atoms. The maximum atomic E-state index is 9.92. The molecule has 2 N–H and O–H groups in total. The first-order valence-corrected chi connectivity index (χ1v) is 3.11. The van der Waals surface area contributed by atoms with Crippen LogP contribution in [0.3, 0.4) is 0 Å². The maximum absolute atomic E-state index is 9.92. The molecule has 0 radical (unpaired) electrons. The smallest absolute Gasteiger partial charge is 0.410 e. The third kappa shape index (κ3) is 1.69. The first-order valence-electron chi connectivity index (χ1n) is 2.17. The van der Waals surface area contributed by atoms with Gasteiger partial charge < -0.3 is 5.11 Å². The predicted molar refractivity (Wildman–Crippen MR) is 33.8 cm³/mol. The molecule has 0 saturated carbocycles. The summed E-state index contributed by atoms with van der Waals surface area (Å²) in [6, 6.07) is 0. The molecule has 1 aromatic heterocycles. The van der Waals surface area contributed by atoms with Crippen LogP contribution >= 0.6 is 11.3 Å². The number of rotatable bonds is 1.